The van der Waals surface area contributed by atoms with Gasteiger partial charge in [0.25, 0.3) is 0 Å². The fourth-order valence-electron chi connectivity index (χ4n) is 1.97. The molecule has 0 saturated heterocycles. The smallest absolute Gasteiger partial charge is 0.134 e. The summed E-state index contributed by atoms with van der Waals surface area (Å²) in [6.45, 7) is 2.87. The maximum atomic E-state index is 5.80. The number of hydrogen-bond acceptors (Lipinski definition) is 4. The van der Waals surface area contributed by atoms with Crippen molar-refractivity contribution in [1.82, 2.24) is 14.9 Å². The summed E-state index contributed by atoms with van der Waals surface area (Å²) in [6.07, 6.45) is 2.51. The van der Waals surface area contributed by atoms with Gasteiger partial charge in [-0.25, -0.2) is 9.97 Å². The quantitative estimate of drug-likeness (QED) is 0.628. The zero-order valence-corrected chi connectivity index (χ0v) is 12.3. The highest BCUT2D eigenvalue weighted by Gasteiger charge is 2.00. The van der Waals surface area contributed by atoms with Gasteiger partial charge in [0, 0.05) is 19.2 Å². The summed E-state index contributed by atoms with van der Waals surface area (Å²) < 4.78 is 0. The van der Waals surface area contributed by atoms with Gasteiger partial charge in [-0.15, -0.1) is 0 Å². The van der Waals surface area contributed by atoms with E-state index < -0.39 is 0 Å². The summed E-state index contributed by atoms with van der Waals surface area (Å²) in [5.41, 5.74) is 1.34. The molecule has 4 nitrogen and oxygen atoms in total. The van der Waals surface area contributed by atoms with Crippen molar-refractivity contribution in [3.63, 3.8) is 0 Å². The van der Waals surface area contributed by atoms with E-state index in [4.69, 9.17) is 11.6 Å². The van der Waals surface area contributed by atoms with Gasteiger partial charge in [-0.1, -0.05) is 41.9 Å². The molecule has 1 heterocycles. The highest BCUT2D eigenvalue weighted by molar-refractivity contribution is 6.29. The lowest BCUT2D eigenvalue weighted by atomic mass is 10.2. The van der Waals surface area contributed by atoms with E-state index >= 15 is 0 Å². The Balaban J connectivity index is 1.66. The molecule has 0 aliphatic heterocycles. The van der Waals surface area contributed by atoms with E-state index in [0.717, 1.165) is 31.9 Å². The molecule has 0 unspecified atom stereocenters. The van der Waals surface area contributed by atoms with E-state index in [1.165, 1.54) is 11.9 Å². The lowest BCUT2D eigenvalue weighted by molar-refractivity contribution is 0.325. The van der Waals surface area contributed by atoms with Gasteiger partial charge in [-0.2, -0.15) is 0 Å². The Morgan fingerprint density at radius 2 is 2.00 bits per heavy atom. The van der Waals surface area contributed by atoms with Crippen LogP contribution in [-0.2, 0) is 6.54 Å². The fraction of sp³-hybridized carbons (Fsp3) is 0.333. The number of rotatable bonds is 7. The van der Waals surface area contributed by atoms with Gasteiger partial charge in [0.15, 0.2) is 0 Å². The Morgan fingerprint density at radius 1 is 1.20 bits per heavy atom. The topological polar surface area (TPSA) is 41.0 Å². The van der Waals surface area contributed by atoms with Gasteiger partial charge in [0.05, 0.1) is 0 Å². The average Bonchev–Trinajstić information content (AvgIpc) is 2.45. The number of anilines is 1. The van der Waals surface area contributed by atoms with Crippen molar-refractivity contribution in [2.24, 2.45) is 0 Å². The normalized spacial score (nSPS) is 10.8. The van der Waals surface area contributed by atoms with E-state index in [0.29, 0.717) is 5.15 Å². The third-order valence-corrected chi connectivity index (χ3v) is 3.16. The fourth-order valence-corrected chi connectivity index (χ4v) is 2.12. The molecule has 0 amide bonds. The molecule has 0 radical (unpaired) electrons. The van der Waals surface area contributed by atoms with E-state index in [1.807, 2.05) is 6.07 Å². The van der Waals surface area contributed by atoms with Crippen LogP contribution in [0.25, 0.3) is 0 Å². The molecule has 1 aromatic heterocycles. The molecule has 0 saturated carbocycles. The van der Waals surface area contributed by atoms with Crippen molar-refractivity contribution < 1.29 is 0 Å². The van der Waals surface area contributed by atoms with E-state index in [2.05, 4.69) is 51.5 Å². The van der Waals surface area contributed by atoms with Crippen LogP contribution in [0.15, 0.2) is 42.7 Å². The number of nitrogens with one attached hydrogen (secondary N) is 1. The summed E-state index contributed by atoms with van der Waals surface area (Å²) >= 11 is 5.80. The van der Waals surface area contributed by atoms with Gasteiger partial charge in [0.2, 0.25) is 0 Å². The molecule has 0 aliphatic carbocycles. The summed E-state index contributed by atoms with van der Waals surface area (Å²) in [6, 6.07) is 12.2. The van der Waals surface area contributed by atoms with E-state index in [9.17, 15) is 0 Å². The Morgan fingerprint density at radius 3 is 2.75 bits per heavy atom. The minimum absolute atomic E-state index is 0.462. The number of nitrogens with zero attached hydrogens (tertiary/aromatic N) is 3. The monoisotopic (exact) mass is 290 g/mol. The first kappa shape index (κ1) is 14.8. The molecule has 5 heteroatoms. The third-order valence-electron chi connectivity index (χ3n) is 2.95. The largest absolute Gasteiger partial charge is 0.370 e. The average molecular weight is 291 g/mol. The molecule has 106 valence electrons. The first-order valence-corrected chi connectivity index (χ1v) is 7.06. The van der Waals surface area contributed by atoms with Crippen molar-refractivity contribution in [3.8, 4) is 0 Å². The first-order chi connectivity index (χ1) is 9.74. The minimum Gasteiger partial charge on any atom is -0.370 e. The van der Waals surface area contributed by atoms with Gasteiger partial charge in [-0.05, 0) is 25.6 Å². The van der Waals surface area contributed by atoms with Crippen molar-refractivity contribution >= 4 is 17.4 Å². The second-order valence-electron chi connectivity index (χ2n) is 4.73. The van der Waals surface area contributed by atoms with Crippen molar-refractivity contribution in [2.75, 3.05) is 25.5 Å². The SMILES string of the molecule is CN(CCCNc1cc(Cl)ncn1)Cc1ccccc1. The highest BCUT2D eigenvalue weighted by Crippen LogP contribution is 2.08. The van der Waals surface area contributed by atoms with Crippen LogP contribution in [-0.4, -0.2) is 35.0 Å². The van der Waals surface area contributed by atoms with E-state index in [1.54, 1.807) is 6.07 Å². The van der Waals surface area contributed by atoms with Crippen LogP contribution < -0.4 is 5.32 Å². The van der Waals surface area contributed by atoms with Crippen molar-refractivity contribution in [2.45, 2.75) is 13.0 Å². The van der Waals surface area contributed by atoms with Crippen molar-refractivity contribution in [1.29, 1.82) is 0 Å². The van der Waals surface area contributed by atoms with Crippen molar-refractivity contribution in [3.05, 3.63) is 53.4 Å². The second-order valence-corrected chi connectivity index (χ2v) is 5.12. The number of hydrogen-bond donors (Lipinski definition) is 1. The molecule has 0 aliphatic rings. The lowest BCUT2D eigenvalue weighted by Gasteiger charge is -2.16. The minimum atomic E-state index is 0.462. The predicted molar refractivity (Wildman–Crippen MR) is 82.9 cm³/mol. The standard InChI is InChI=1S/C15H19ClN4/c1-20(11-13-6-3-2-4-7-13)9-5-8-17-15-10-14(16)18-12-19-15/h2-4,6-7,10,12H,5,8-9,11H2,1H3,(H,17,18,19). The first-order valence-electron chi connectivity index (χ1n) is 6.68. The molecule has 0 spiro atoms. The molecule has 1 N–H and O–H groups in total. The summed E-state index contributed by atoms with van der Waals surface area (Å²) in [4.78, 5) is 10.3. The van der Waals surface area contributed by atoms with Gasteiger partial charge in [0.1, 0.15) is 17.3 Å². The lowest BCUT2D eigenvalue weighted by Crippen LogP contribution is -2.21. The molecule has 0 atom stereocenters. The number of benzene rings is 1. The molecule has 2 rings (SSSR count). The molecule has 0 bridgehead atoms. The molecule has 1 aromatic carbocycles. The van der Waals surface area contributed by atoms with Crippen LogP contribution in [0.1, 0.15) is 12.0 Å². The van der Waals surface area contributed by atoms with Crippen LogP contribution in [0.2, 0.25) is 5.15 Å². The predicted octanol–water partition coefficient (Wildman–Crippen LogP) is 3.06. The van der Waals surface area contributed by atoms with E-state index in [-0.39, 0.29) is 0 Å². The summed E-state index contributed by atoms with van der Waals surface area (Å²) in [7, 11) is 2.13. The maximum Gasteiger partial charge on any atom is 0.134 e. The number of aromatic nitrogens is 2. The molecule has 0 fully saturated rings. The van der Waals surface area contributed by atoms with Crippen LogP contribution in [0.3, 0.4) is 0 Å². The zero-order chi connectivity index (χ0) is 14.2. The van der Waals surface area contributed by atoms with Gasteiger partial charge < -0.3 is 10.2 Å². The molecule has 2 aromatic rings. The molecular weight excluding hydrogens is 272 g/mol. The Bertz CT molecular complexity index is 518. The molecular formula is C15H19ClN4. The van der Waals surface area contributed by atoms with Crippen LogP contribution in [0, 0.1) is 0 Å². The summed E-state index contributed by atoms with van der Waals surface area (Å²) in [5.74, 6) is 0.774. The highest BCUT2D eigenvalue weighted by atomic mass is 35.5. The van der Waals surface area contributed by atoms with Gasteiger partial charge >= 0.3 is 0 Å². The maximum absolute atomic E-state index is 5.80. The Hall–Kier alpha value is -1.65. The second kappa shape index (κ2) is 7.82. The Kier molecular flexibility index (Phi) is 5.77. The van der Waals surface area contributed by atoms with Crippen LogP contribution >= 0.6 is 11.6 Å². The van der Waals surface area contributed by atoms with Crippen LogP contribution in [0.5, 0.6) is 0 Å². The summed E-state index contributed by atoms with van der Waals surface area (Å²) in [5, 5.41) is 3.70. The zero-order valence-electron chi connectivity index (χ0n) is 11.6. The van der Waals surface area contributed by atoms with Crippen LogP contribution in [0.4, 0.5) is 5.82 Å². The number of halogens is 1. The Labute approximate surface area is 124 Å². The third kappa shape index (κ3) is 5.15. The van der Waals surface area contributed by atoms with Gasteiger partial charge in [-0.3, -0.25) is 0 Å². The molecule has 20 heavy (non-hydrogen) atoms.